The molecule has 0 heterocycles. The summed E-state index contributed by atoms with van der Waals surface area (Å²) in [4.78, 5) is 0. The quantitative estimate of drug-likeness (QED) is 0.730. The summed E-state index contributed by atoms with van der Waals surface area (Å²) in [5, 5.41) is 12.7. The van der Waals surface area contributed by atoms with Crippen molar-refractivity contribution in [1.29, 1.82) is 0 Å². The van der Waals surface area contributed by atoms with E-state index in [4.69, 9.17) is 0 Å². The zero-order valence-corrected chi connectivity index (χ0v) is 10.0. The second-order valence-corrected chi connectivity index (χ2v) is 5.87. The fourth-order valence-electron chi connectivity index (χ4n) is 2.84. The lowest BCUT2D eigenvalue weighted by atomic mass is 9.70. The largest absolute Gasteiger partial charge is 0.392 e. The van der Waals surface area contributed by atoms with Crippen LogP contribution in [0.4, 0.5) is 0 Å². The molecule has 14 heavy (non-hydrogen) atoms. The number of hydrogen-bond acceptors (Lipinski definition) is 2. The smallest absolute Gasteiger partial charge is 0.0636 e. The van der Waals surface area contributed by atoms with Crippen molar-refractivity contribution in [1.82, 2.24) is 5.32 Å². The normalized spacial score (nSPS) is 34.1. The summed E-state index contributed by atoms with van der Waals surface area (Å²) in [5.74, 6) is 0.810. The van der Waals surface area contributed by atoms with E-state index in [1.54, 1.807) is 0 Å². The third-order valence-corrected chi connectivity index (χ3v) is 3.09. The molecule has 2 N–H and O–H groups in total. The first-order chi connectivity index (χ1) is 6.39. The van der Waals surface area contributed by atoms with Gasteiger partial charge in [0.25, 0.3) is 0 Å². The zero-order valence-electron chi connectivity index (χ0n) is 10.0. The number of aliphatic hydroxyl groups excluding tert-OH is 1. The standard InChI is InChI=1S/C12H25NO/c1-9-5-11(13-8-10(2)14)7-12(3,4)6-9/h9-11,13-14H,5-8H2,1-4H3/t9?,10-,11?/m0/s1. The summed E-state index contributed by atoms with van der Waals surface area (Å²) in [6, 6.07) is 0.600. The maximum Gasteiger partial charge on any atom is 0.0636 e. The van der Waals surface area contributed by atoms with Crippen molar-refractivity contribution in [3.05, 3.63) is 0 Å². The summed E-state index contributed by atoms with van der Waals surface area (Å²) in [6.45, 7) is 9.59. The lowest BCUT2D eigenvalue weighted by Crippen LogP contribution is -2.42. The second kappa shape index (κ2) is 4.63. The van der Waals surface area contributed by atoms with E-state index in [2.05, 4.69) is 26.1 Å². The molecule has 3 atom stereocenters. The molecular weight excluding hydrogens is 174 g/mol. The Labute approximate surface area is 88.1 Å². The molecule has 0 aromatic carbocycles. The molecule has 2 heteroatoms. The van der Waals surface area contributed by atoms with Gasteiger partial charge in [0.1, 0.15) is 0 Å². The van der Waals surface area contributed by atoms with Crippen LogP contribution in [-0.2, 0) is 0 Å². The van der Waals surface area contributed by atoms with Crippen LogP contribution in [0.5, 0.6) is 0 Å². The van der Waals surface area contributed by atoms with E-state index in [1.807, 2.05) is 6.92 Å². The highest BCUT2D eigenvalue weighted by molar-refractivity contribution is 4.86. The highest BCUT2D eigenvalue weighted by Gasteiger charge is 2.31. The first kappa shape index (κ1) is 12.0. The Morgan fingerprint density at radius 1 is 1.43 bits per heavy atom. The summed E-state index contributed by atoms with van der Waals surface area (Å²) in [6.07, 6.45) is 3.61. The number of nitrogens with one attached hydrogen (secondary N) is 1. The molecule has 0 radical (unpaired) electrons. The van der Waals surface area contributed by atoms with Crippen molar-refractivity contribution in [2.45, 2.75) is 59.1 Å². The maximum atomic E-state index is 9.22. The molecule has 0 saturated heterocycles. The van der Waals surface area contributed by atoms with Crippen LogP contribution in [0.15, 0.2) is 0 Å². The van der Waals surface area contributed by atoms with Gasteiger partial charge in [0, 0.05) is 12.6 Å². The van der Waals surface area contributed by atoms with Gasteiger partial charge in [-0.2, -0.15) is 0 Å². The van der Waals surface area contributed by atoms with Crippen molar-refractivity contribution in [3.63, 3.8) is 0 Å². The average Bonchev–Trinajstić information content (AvgIpc) is 1.96. The van der Waals surface area contributed by atoms with Gasteiger partial charge in [-0.3, -0.25) is 0 Å². The Hall–Kier alpha value is -0.0800. The topological polar surface area (TPSA) is 32.3 Å². The highest BCUT2D eigenvalue weighted by Crippen LogP contribution is 2.38. The molecule has 2 nitrogen and oxygen atoms in total. The van der Waals surface area contributed by atoms with Gasteiger partial charge in [0.2, 0.25) is 0 Å². The molecule has 1 aliphatic carbocycles. The molecule has 1 rings (SSSR count). The molecule has 84 valence electrons. The molecule has 1 aliphatic rings. The lowest BCUT2D eigenvalue weighted by Gasteiger charge is -2.39. The minimum absolute atomic E-state index is 0.227. The van der Waals surface area contributed by atoms with Gasteiger partial charge in [-0.05, 0) is 37.5 Å². The molecule has 1 fully saturated rings. The molecule has 1 saturated carbocycles. The Balaban J connectivity index is 2.38. The predicted octanol–water partition coefficient (Wildman–Crippen LogP) is 2.17. The van der Waals surface area contributed by atoms with Crippen molar-refractivity contribution < 1.29 is 5.11 Å². The number of aliphatic hydroxyl groups is 1. The fourth-order valence-corrected chi connectivity index (χ4v) is 2.84. The van der Waals surface area contributed by atoms with E-state index >= 15 is 0 Å². The summed E-state index contributed by atoms with van der Waals surface area (Å²) in [5.41, 5.74) is 0.466. The minimum Gasteiger partial charge on any atom is -0.392 e. The molecule has 0 aromatic heterocycles. The molecule has 0 bridgehead atoms. The van der Waals surface area contributed by atoms with Crippen LogP contribution >= 0.6 is 0 Å². The zero-order chi connectivity index (χ0) is 10.8. The van der Waals surface area contributed by atoms with E-state index in [9.17, 15) is 5.11 Å². The Morgan fingerprint density at radius 3 is 2.57 bits per heavy atom. The summed E-state index contributed by atoms with van der Waals surface area (Å²) < 4.78 is 0. The van der Waals surface area contributed by atoms with Crippen LogP contribution < -0.4 is 5.32 Å². The lowest BCUT2D eigenvalue weighted by molar-refractivity contribution is 0.132. The van der Waals surface area contributed by atoms with Crippen LogP contribution in [0.3, 0.4) is 0 Å². The SMILES string of the molecule is CC1CC(NC[C@H](C)O)CC(C)(C)C1. The van der Waals surface area contributed by atoms with Gasteiger partial charge < -0.3 is 10.4 Å². The van der Waals surface area contributed by atoms with E-state index in [0.29, 0.717) is 11.5 Å². The van der Waals surface area contributed by atoms with Crippen LogP contribution in [0.2, 0.25) is 0 Å². The van der Waals surface area contributed by atoms with Gasteiger partial charge in [0.05, 0.1) is 6.10 Å². The Kier molecular flexibility index (Phi) is 3.96. The van der Waals surface area contributed by atoms with Crippen molar-refractivity contribution in [2.24, 2.45) is 11.3 Å². The van der Waals surface area contributed by atoms with Gasteiger partial charge in [-0.1, -0.05) is 20.8 Å². The predicted molar refractivity (Wildman–Crippen MR) is 60.3 cm³/mol. The van der Waals surface area contributed by atoms with Gasteiger partial charge in [0.15, 0.2) is 0 Å². The minimum atomic E-state index is -0.227. The molecule has 0 aromatic rings. The van der Waals surface area contributed by atoms with Gasteiger partial charge in [-0.25, -0.2) is 0 Å². The maximum absolute atomic E-state index is 9.22. The monoisotopic (exact) mass is 199 g/mol. The van der Waals surface area contributed by atoms with E-state index in [1.165, 1.54) is 19.3 Å². The third-order valence-electron chi connectivity index (χ3n) is 3.09. The van der Waals surface area contributed by atoms with Gasteiger partial charge in [-0.15, -0.1) is 0 Å². The van der Waals surface area contributed by atoms with Crippen LogP contribution in [0.25, 0.3) is 0 Å². The van der Waals surface area contributed by atoms with E-state index in [0.717, 1.165) is 12.5 Å². The molecule has 2 unspecified atom stereocenters. The molecular formula is C12H25NO. The number of rotatable bonds is 3. The van der Waals surface area contributed by atoms with Crippen LogP contribution in [-0.4, -0.2) is 23.8 Å². The first-order valence-corrected chi connectivity index (χ1v) is 5.80. The molecule has 0 amide bonds. The van der Waals surface area contributed by atoms with Gasteiger partial charge >= 0.3 is 0 Å². The van der Waals surface area contributed by atoms with E-state index < -0.39 is 0 Å². The third kappa shape index (κ3) is 3.97. The Morgan fingerprint density at radius 2 is 2.07 bits per heavy atom. The first-order valence-electron chi connectivity index (χ1n) is 5.80. The van der Waals surface area contributed by atoms with Crippen molar-refractivity contribution in [2.75, 3.05) is 6.54 Å². The Bertz CT molecular complexity index is 177. The summed E-state index contributed by atoms with van der Waals surface area (Å²) >= 11 is 0. The fraction of sp³-hybridized carbons (Fsp3) is 1.00. The average molecular weight is 199 g/mol. The number of hydrogen-bond donors (Lipinski definition) is 2. The molecule has 0 spiro atoms. The summed E-state index contributed by atoms with van der Waals surface area (Å²) in [7, 11) is 0. The second-order valence-electron chi connectivity index (χ2n) is 5.87. The van der Waals surface area contributed by atoms with Crippen LogP contribution in [0.1, 0.15) is 47.0 Å². The van der Waals surface area contributed by atoms with Crippen molar-refractivity contribution in [3.8, 4) is 0 Å². The van der Waals surface area contributed by atoms with Crippen LogP contribution in [0, 0.1) is 11.3 Å². The molecule has 0 aliphatic heterocycles. The van der Waals surface area contributed by atoms with Crippen molar-refractivity contribution >= 4 is 0 Å². The van der Waals surface area contributed by atoms with E-state index in [-0.39, 0.29) is 6.10 Å². The highest BCUT2D eigenvalue weighted by atomic mass is 16.3.